The van der Waals surface area contributed by atoms with E-state index in [2.05, 4.69) is 15.9 Å². The van der Waals surface area contributed by atoms with Gasteiger partial charge in [-0.3, -0.25) is 4.79 Å². The Hall–Kier alpha value is -1.59. The lowest BCUT2D eigenvalue weighted by molar-refractivity contribution is -0.120. The number of amides is 1. The molecule has 0 heterocycles. The van der Waals surface area contributed by atoms with Gasteiger partial charge in [0.15, 0.2) is 6.61 Å². The number of carbonyl (C=O) groups is 1. The van der Waals surface area contributed by atoms with Gasteiger partial charge < -0.3 is 9.64 Å². The van der Waals surface area contributed by atoms with Crippen molar-refractivity contribution < 1.29 is 13.9 Å². The molecular formula is C15H12BrClFNO2. The summed E-state index contributed by atoms with van der Waals surface area (Å²) in [6.45, 7) is -0.158. The van der Waals surface area contributed by atoms with E-state index in [4.69, 9.17) is 16.3 Å². The van der Waals surface area contributed by atoms with E-state index >= 15 is 0 Å². The normalized spacial score (nSPS) is 10.3. The maximum absolute atomic E-state index is 12.8. The third kappa shape index (κ3) is 4.19. The minimum absolute atomic E-state index is 0.158. The summed E-state index contributed by atoms with van der Waals surface area (Å²) >= 11 is 9.40. The van der Waals surface area contributed by atoms with E-state index in [0.29, 0.717) is 16.5 Å². The zero-order valence-electron chi connectivity index (χ0n) is 11.1. The fraction of sp³-hybridized carbons (Fsp3) is 0.133. The van der Waals surface area contributed by atoms with Crippen LogP contribution in [0.15, 0.2) is 46.9 Å². The van der Waals surface area contributed by atoms with Crippen molar-refractivity contribution in [3.63, 3.8) is 0 Å². The largest absolute Gasteiger partial charge is 0.484 e. The summed E-state index contributed by atoms with van der Waals surface area (Å²) in [5.41, 5.74) is 0.590. The quantitative estimate of drug-likeness (QED) is 0.801. The molecule has 6 heteroatoms. The van der Waals surface area contributed by atoms with Crippen molar-refractivity contribution in [1.29, 1.82) is 0 Å². The van der Waals surface area contributed by atoms with Gasteiger partial charge in [-0.15, -0.1) is 0 Å². The van der Waals surface area contributed by atoms with E-state index in [-0.39, 0.29) is 18.3 Å². The van der Waals surface area contributed by atoms with Crippen LogP contribution in [0.5, 0.6) is 5.75 Å². The van der Waals surface area contributed by atoms with Gasteiger partial charge in [0.05, 0.1) is 10.7 Å². The third-order valence-corrected chi connectivity index (χ3v) is 3.62. The standard InChI is InChI=1S/C15H12BrClFNO2/c1-19(14-7-2-10(16)8-13(14)17)15(20)9-21-12-5-3-11(18)4-6-12/h2-8H,9H2,1H3. The van der Waals surface area contributed by atoms with E-state index in [1.807, 2.05) is 0 Å². The lowest BCUT2D eigenvalue weighted by Gasteiger charge is -2.19. The van der Waals surface area contributed by atoms with E-state index in [0.717, 1.165) is 4.47 Å². The first-order chi connectivity index (χ1) is 9.97. The van der Waals surface area contributed by atoms with Gasteiger partial charge in [-0.1, -0.05) is 27.5 Å². The van der Waals surface area contributed by atoms with Gasteiger partial charge in [0.25, 0.3) is 5.91 Å². The van der Waals surface area contributed by atoms with Gasteiger partial charge in [0.1, 0.15) is 11.6 Å². The molecule has 110 valence electrons. The summed E-state index contributed by atoms with van der Waals surface area (Å²) in [7, 11) is 1.62. The zero-order valence-corrected chi connectivity index (χ0v) is 13.5. The Kier molecular flexibility index (Phi) is 5.20. The van der Waals surface area contributed by atoms with Gasteiger partial charge in [-0.2, -0.15) is 0 Å². The summed E-state index contributed by atoms with van der Waals surface area (Å²) in [5.74, 6) is -0.184. The Morgan fingerprint density at radius 3 is 2.57 bits per heavy atom. The molecule has 2 aromatic carbocycles. The predicted octanol–water partition coefficient (Wildman–Crippen LogP) is 4.28. The van der Waals surface area contributed by atoms with Crippen molar-refractivity contribution in [3.8, 4) is 5.75 Å². The van der Waals surface area contributed by atoms with Crippen molar-refractivity contribution >= 4 is 39.1 Å². The second kappa shape index (κ2) is 6.91. The first-order valence-corrected chi connectivity index (χ1v) is 7.24. The van der Waals surface area contributed by atoms with Crippen LogP contribution in [-0.2, 0) is 4.79 Å². The van der Waals surface area contributed by atoms with E-state index < -0.39 is 0 Å². The first-order valence-electron chi connectivity index (χ1n) is 6.07. The highest BCUT2D eigenvalue weighted by molar-refractivity contribution is 9.10. The van der Waals surface area contributed by atoms with Crippen LogP contribution >= 0.6 is 27.5 Å². The Bertz CT molecular complexity index is 649. The summed E-state index contributed by atoms with van der Waals surface area (Å²) in [6, 6.07) is 10.7. The molecule has 0 spiro atoms. The molecule has 0 bridgehead atoms. The second-order valence-electron chi connectivity index (χ2n) is 4.29. The van der Waals surface area contributed by atoms with Crippen LogP contribution in [0.4, 0.5) is 10.1 Å². The number of halogens is 3. The number of carbonyl (C=O) groups excluding carboxylic acids is 1. The molecule has 0 fully saturated rings. The molecule has 0 atom stereocenters. The van der Waals surface area contributed by atoms with Crippen LogP contribution in [0.3, 0.4) is 0 Å². The van der Waals surface area contributed by atoms with Crippen molar-refractivity contribution in [2.75, 3.05) is 18.6 Å². The van der Waals surface area contributed by atoms with Crippen molar-refractivity contribution in [2.45, 2.75) is 0 Å². The number of likely N-dealkylation sites (N-methyl/N-ethyl adjacent to an activating group) is 1. The molecule has 2 aromatic rings. The van der Waals surface area contributed by atoms with Gasteiger partial charge in [0, 0.05) is 11.5 Å². The molecule has 0 unspecified atom stereocenters. The van der Waals surface area contributed by atoms with Crippen molar-refractivity contribution in [3.05, 3.63) is 57.8 Å². The number of hydrogen-bond donors (Lipinski definition) is 0. The monoisotopic (exact) mass is 371 g/mol. The molecule has 0 aliphatic rings. The average molecular weight is 373 g/mol. The van der Waals surface area contributed by atoms with Crippen LogP contribution < -0.4 is 9.64 Å². The molecule has 3 nitrogen and oxygen atoms in total. The Labute approximate surface area is 135 Å². The van der Waals surface area contributed by atoms with E-state index in [9.17, 15) is 9.18 Å². The summed E-state index contributed by atoms with van der Waals surface area (Å²) < 4.78 is 18.9. The van der Waals surface area contributed by atoms with Crippen LogP contribution in [0, 0.1) is 5.82 Å². The van der Waals surface area contributed by atoms with Crippen LogP contribution in [-0.4, -0.2) is 19.6 Å². The highest BCUT2D eigenvalue weighted by Gasteiger charge is 2.14. The van der Waals surface area contributed by atoms with Crippen molar-refractivity contribution in [2.24, 2.45) is 0 Å². The number of benzene rings is 2. The number of anilines is 1. The van der Waals surface area contributed by atoms with E-state index in [1.165, 1.54) is 29.2 Å². The van der Waals surface area contributed by atoms with Crippen LogP contribution in [0.1, 0.15) is 0 Å². The van der Waals surface area contributed by atoms with Crippen LogP contribution in [0.25, 0.3) is 0 Å². The number of hydrogen-bond acceptors (Lipinski definition) is 2. The molecule has 0 saturated carbocycles. The van der Waals surface area contributed by atoms with Gasteiger partial charge in [-0.25, -0.2) is 4.39 Å². The lowest BCUT2D eigenvalue weighted by atomic mass is 10.3. The maximum Gasteiger partial charge on any atom is 0.264 e. The number of rotatable bonds is 4. The molecule has 0 aliphatic carbocycles. The molecule has 0 aromatic heterocycles. The van der Waals surface area contributed by atoms with Gasteiger partial charge >= 0.3 is 0 Å². The minimum Gasteiger partial charge on any atom is -0.484 e. The topological polar surface area (TPSA) is 29.5 Å². The fourth-order valence-corrected chi connectivity index (χ4v) is 2.46. The molecule has 1 amide bonds. The Morgan fingerprint density at radius 2 is 1.95 bits per heavy atom. The molecule has 0 saturated heterocycles. The number of nitrogens with zero attached hydrogens (tertiary/aromatic N) is 1. The smallest absolute Gasteiger partial charge is 0.264 e. The van der Waals surface area contributed by atoms with Gasteiger partial charge in [0.2, 0.25) is 0 Å². The van der Waals surface area contributed by atoms with Gasteiger partial charge in [-0.05, 0) is 42.5 Å². The number of ether oxygens (including phenoxy) is 1. The van der Waals surface area contributed by atoms with Crippen LogP contribution in [0.2, 0.25) is 5.02 Å². The molecule has 21 heavy (non-hydrogen) atoms. The molecule has 0 aliphatic heterocycles. The van der Waals surface area contributed by atoms with Crippen molar-refractivity contribution in [1.82, 2.24) is 0 Å². The summed E-state index contributed by atoms with van der Waals surface area (Å²) in [5, 5.41) is 0.460. The Balaban J connectivity index is 2.00. The average Bonchev–Trinajstić information content (AvgIpc) is 2.45. The minimum atomic E-state index is -0.354. The maximum atomic E-state index is 12.8. The summed E-state index contributed by atoms with van der Waals surface area (Å²) in [6.07, 6.45) is 0. The summed E-state index contributed by atoms with van der Waals surface area (Å²) in [4.78, 5) is 13.5. The third-order valence-electron chi connectivity index (χ3n) is 2.82. The second-order valence-corrected chi connectivity index (χ2v) is 5.61. The molecular weight excluding hydrogens is 361 g/mol. The fourth-order valence-electron chi connectivity index (χ4n) is 1.66. The molecule has 0 N–H and O–H groups in total. The first kappa shape index (κ1) is 15.8. The lowest BCUT2D eigenvalue weighted by Crippen LogP contribution is -2.31. The SMILES string of the molecule is CN(C(=O)COc1ccc(F)cc1)c1ccc(Br)cc1Cl. The highest BCUT2D eigenvalue weighted by atomic mass is 79.9. The molecule has 2 rings (SSSR count). The molecule has 0 radical (unpaired) electrons. The predicted molar refractivity (Wildman–Crippen MR) is 84.5 cm³/mol. The zero-order chi connectivity index (χ0) is 15.4. The van der Waals surface area contributed by atoms with E-state index in [1.54, 1.807) is 25.2 Å². The highest BCUT2D eigenvalue weighted by Crippen LogP contribution is 2.28. The Morgan fingerprint density at radius 1 is 1.29 bits per heavy atom.